The summed E-state index contributed by atoms with van der Waals surface area (Å²) in [7, 11) is 3.31. The van der Waals surface area contributed by atoms with Gasteiger partial charge in [0.05, 0.1) is 49.0 Å². The van der Waals surface area contributed by atoms with E-state index in [-0.39, 0.29) is 12.2 Å². The van der Waals surface area contributed by atoms with Crippen LogP contribution in [0.5, 0.6) is 17.4 Å². The van der Waals surface area contributed by atoms with E-state index in [4.69, 9.17) is 24.0 Å². The highest BCUT2D eigenvalue weighted by molar-refractivity contribution is 5.44. The second-order valence-corrected chi connectivity index (χ2v) is 9.70. The van der Waals surface area contributed by atoms with Gasteiger partial charge in [-0.2, -0.15) is 5.10 Å². The van der Waals surface area contributed by atoms with E-state index in [1.165, 1.54) is 0 Å². The van der Waals surface area contributed by atoms with Gasteiger partial charge in [0.15, 0.2) is 0 Å². The lowest BCUT2D eigenvalue weighted by Crippen LogP contribution is -2.38. The third kappa shape index (κ3) is 8.06. The fourth-order valence-electron chi connectivity index (χ4n) is 3.70. The van der Waals surface area contributed by atoms with Gasteiger partial charge < -0.3 is 24.1 Å². The Balaban J connectivity index is 1.91. The van der Waals surface area contributed by atoms with E-state index in [9.17, 15) is 5.11 Å². The quantitative estimate of drug-likeness (QED) is 0.370. The Labute approximate surface area is 214 Å². The minimum atomic E-state index is -0.642. The van der Waals surface area contributed by atoms with Gasteiger partial charge in [0, 0.05) is 26.7 Å². The second-order valence-electron chi connectivity index (χ2n) is 9.70. The van der Waals surface area contributed by atoms with Crippen LogP contribution in [0.4, 0.5) is 0 Å². The van der Waals surface area contributed by atoms with Crippen molar-refractivity contribution in [3.05, 3.63) is 65.9 Å². The molecule has 0 amide bonds. The van der Waals surface area contributed by atoms with Crippen LogP contribution in [0.25, 0.3) is 5.69 Å². The zero-order valence-corrected chi connectivity index (χ0v) is 22.2. The second kappa shape index (κ2) is 12.9. The summed E-state index contributed by atoms with van der Waals surface area (Å²) >= 11 is 0. The Bertz CT molecular complexity index is 1060. The number of para-hydroxylation sites is 1. The molecule has 1 aromatic heterocycles. The Morgan fingerprint density at radius 2 is 1.67 bits per heavy atom. The summed E-state index contributed by atoms with van der Waals surface area (Å²) in [5.74, 6) is 2.07. The Morgan fingerprint density at radius 3 is 2.28 bits per heavy atom. The molecule has 8 heteroatoms. The van der Waals surface area contributed by atoms with Crippen LogP contribution in [-0.2, 0) is 16.0 Å². The molecule has 2 aromatic carbocycles. The smallest absolute Gasteiger partial charge is 0.227 e. The van der Waals surface area contributed by atoms with E-state index in [1.807, 2.05) is 87.0 Å². The first kappa shape index (κ1) is 27.7. The molecule has 3 rings (SSSR count). The fourth-order valence-corrected chi connectivity index (χ4v) is 3.70. The van der Waals surface area contributed by atoms with Crippen LogP contribution in [0.3, 0.4) is 0 Å². The number of hydrogen-bond acceptors (Lipinski definition) is 7. The van der Waals surface area contributed by atoms with E-state index in [0.29, 0.717) is 37.9 Å². The number of rotatable bonds is 13. The molecule has 1 unspecified atom stereocenters. The Kier molecular flexibility index (Phi) is 9.89. The highest BCUT2D eigenvalue weighted by Gasteiger charge is 2.23. The van der Waals surface area contributed by atoms with Crippen LogP contribution >= 0.6 is 0 Å². The molecule has 1 heterocycles. The van der Waals surface area contributed by atoms with Crippen LogP contribution in [-0.4, -0.2) is 72.0 Å². The summed E-state index contributed by atoms with van der Waals surface area (Å²) in [6.07, 6.45) is -0.642. The van der Waals surface area contributed by atoms with E-state index in [2.05, 4.69) is 4.90 Å². The van der Waals surface area contributed by atoms with Crippen molar-refractivity contribution in [1.29, 1.82) is 0 Å². The van der Waals surface area contributed by atoms with E-state index in [0.717, 1.165) is 22.7 Å². The molecule has 1 atom stereocenters. The molecule has 0 aliphatic heterocycles. The van der Waals surface area contributed by atoms with Crippen molar-refractivity contribution in [2.75, 3.05) is 40.5 Å². The van der Waals surface area contributed by atoms with Gasteiger partial charge in [-0.1, -0.05) is 18.2 Å². The fraction of sp³-hybridized carbons (Fsp3) is 0.464. The average molecular weight is 498 g/mol. The first-order valence-corrected chi connectivity index (χ1v) is 12.2. The standard InChI is InChI=1S/C28H39N3O5/c1-21-26(19-30(16-17-33-5)18-23(32)20-35-28(2,3)4)27(31(29-21)22-10-8-7-9-11-22)36-25-14-12-24(34-6)13-15-25/h7-15,23,32H,16-20H2,1-6H3. The normalized spacial score (nSPS) is 12.7. The Morgan fingerprint density at radius 1 is 1.00 bits per heavy atom. The maximum atomic E-state index is 10.7. The van der Waals surface area contributed by atoms with Gasteiger partial charge in [-0.05, 0) is 64.1 Å². The summed E-state index contributed by atoms with van der Waals surface area (Å²) in [6.45, 7) is 10.3. The van der Waals surface area contributed by atoms with Crippen molar-refractivity contribution in [3.63, 3.8) is 0 Å². The summed E-state index contributed by atoms with van der Waals surface area (Å²) in [6, 6.07) is 17.4. The lowest BCUT2D eigenvalue weighted by Gasteiger charge is -2.27. The largest absolute Gasteiger partial charge is 0.497 e. The topological polar surface area (TPSA) is 78.2 Å². The summed E-state index contributed by atoms with van der Waals surface area (Å²) < 4.78 is 24.7. The number of aliphatic hydroxyl groups is 1. The highest BCUT2D eigenvalue weighted by Crippen LogP contribution is 2.32. The van der Waals surface area contributed by atoms with Crippen molar-refractivity contribution in [1.82, 2.24) is 14.7 Å². The minimum absolute atomic E-state index is 0.254. The SMILES string of the molecule is COCCN(Cc1c(C)nn(-c2ccccc2)c1Oc1ccc(OC)cc1)CC(O)COC(C)(C)C. The number of aromatic nitrogens is 2. The number of methoxy groups -OCH3 is 2. The van der Waals surface area contributed by atoms with Crippen molar-refractivity contribution in [2.45, 2.75) is 45.9 Å². The maximum absolute atomic E-state index is 10.7. The molecule has 0 fully saturated rings. The number of nitrogens with zero attached hydrogens (tertiary/aromatic N) is 3. The van der Waals surface area contributed by atoms with Gasteiger partial charge in [0.1, 0.15) is 11.5 Å². The van der Waals surface area contributed by atoms with Crippen LogP contribution < -0.4 is 9.47 Å². The monoisotopic (exact) mass is 497 g/mol. The van der Waals surface area contributed by atoms with Gasteiger partial charge in [-0.25, -0.2) is 4.68 Å². The lowest BCUT2D eigenvalue weighted by atomic mass is 10.2. The minimum Gasteiger partial charge on any atom is -0.497 e. The molecule has 0 aliphatic carbocycles. The summed E-state index contributed by atoms with van der Waals surface area (Å²) in [4.78, 5) is 2.14. The molecule has 0 radical (unpaired) electrons. The van der Waals surface area contributed by atoms with Gasteiger partial charge in [-0.3, -0.25) is 4.90 Å². The molecular weight excluding hydrogens is 458 g/mol. The van der Waals surface area contributed by atoms with Crippen LogP contribution in [0.15, 0.2) is 54.6 Å². The molecule has 0 spiro atoms. The number of aryl methyl sites for hydroxylation is 1. The average Bonchev–Trinajstić information content (AvgIpc) is 3.16. The van der Waals surface area contributed by atoms with Crippen LogP contribution in [0.1, 0.15) is 32.0 Å². The van der Waals surface area contributed by atoms with E-state index >= 15 is 0 Å². The van der Waals surface area contributed by atoms with E-state index in [1.54, 1.807) is 14.2 Å². The predicted molar refractivity (Wildman–Crippen MR) is 140 cm³/mol. The van der Waals surface area contributed by atoms with Crippen molar-refractivity contribution < 1.29 is 24.1 Å². The Hall–Kier alpha value is -2.91. The molecular formula is C28H39N3O5. The molecule has 0 bridgehead atoms. The predicted octanol–water partition coefficient (Wildman–Crippen LogP) is 4.61. The molecule has 0 saturated heterocycles. The molecule has 36 heavy (non-hydrogen) atoms. The zero-order chi connectivity index (χ0) is 26.1. The van der Waals surface area contributed by atoms with Crippen molar-refractivity contribution in [2.24, 2.45) is 0 Å². The summed E-state index contributed by atoms with van der Waals surface area (Å²) in [5, 5.41) is 15.5. The third-order valence-electron chi connectivity index (χ3n) is 5.58. The van der Waals surface area contributed by atoms with Crippen molar-refractivity contribution >= 4 is 0 Å². The first-order valence-electron chi connectivity index (χ1n) is 12.2. The number of benzene rings is 2. The molecule has 3 aromatic rings. The maximum Gasteiger partial charge on any atom is 0.227 e. The summed E-state index contributed by atoms with van der Waals surface area (Å²) in [5.41, 5.74) is 2.38. The van der Waals surface area contributed by atoms with E-state index < -0.39 is 6.10 Å². The molecule has 0 saturated carbocycles. The van der Waals surface area contributed by atoms with Crippen LogP contribution in [0, 0.1) is 6.92 Å². The number of aliphatic hydroxyl groups excluding tert-OH is 1. The number of ether oxygens (including phenoxy) is 4. The van der Waals surface area contributed by atoms with Gasteiger partial charge in [-0.15, -0.1) is 0 Å². The lowest BCUT2D eigenvalue weighted by molar-refractivity contribution is -0.0577. The first-order chi connectivity index (χ1) is 17.2. The molecule has 1 N–H and O–H groups in total. The third-order valence-corrected chi connectivity index (χ3v) is 5.58. The highest BCUT2D eigenvalue weighted by atomic mass is 16.5. The van der Waals surface area contributed by atoms with Crippen LogP contribution in [0.2, 0.25) is 0 Å². The molecule has 0 aliphatic rings. The van der Waals surface area contributed by atoms with Crippen molar-refractivity contribution in [3.8, 4) is 23.1 Å². The number of hydrogen-bond donors (Lipinski definition) is 1. The molecule has 8 nitrogen and oxygen atoms in total. The van der Waals surface area contributed by atoms with Gasteiger partial charge in [0.25, 0.3) is 0 Å². The molecule has 196 valence electrons. The zero-order valence-electron chi connectivity index (χ0n) is 22.2. The van der Waals surface area contributed by atoms with Gasteiger partial charge >= 0.3 is 0 Å². The van der Waals surface area contributed by atoms with Gasteiger partial charge in [0.2, 0.25) is 5.88 Å².